The molecule has 2 fully saturated rings. The first-order chi connectivity index (χ1) is 9.26. The van der Waals surface area contributed by atoms with Crippen LogP contribution in [0.3, 0.4) is 0 Å². The topological polar surface area (TPSA) is 32.3 Å². The molecule has 0 aromatic carbocycles. The van der Waals surface area contributed by atoms with E-state index in [0.29, 0.717) is 23.9 Å². The first-order valence-electron chi connectivity index (χ1n) is 8.30. The summed E-state index contributed by atoms with van der Waals surface area (Å²) in [5.41, 5.74) is 0. The molecule has 0 spiro atoms. The highest BCUT2D eigenvalue weighted by Gasteiger charge is 2.33. The van der Waals surface area contributed by atoms with Crippen LogP contribution in [0.15, 0.2) is 0 Å². The van der Waals surface area contributed by atoms with Gasteiger partial charge >= 0.3 is 0 Å². The molecule has 2 aliphatic rings. The third-order valence-electron chi connectivity index (χ3n) is 4.95. The highest BCUT2D eigenvalue weighted by molar-refractivity contribution is 5.79. The van der Waals surface area contributed by atoms with Gasteiger partial charge < -0.3 is 10.2 Å². The van der Waals surface area contributed by atoms with Gasteiger partial charge in [-0.25, -0.2) is 0 Å². The zero-order chi connectivity index (χ0) is 13.7. The molecule has 1 aliphatic heterocycles. The molecule has 1 saturated carbocycles. The van der Waals surface area contributed by atoms with E-state index in [1.54, 1.807) is 0 Å². The van der Waals surface area contributed by atoms with Crippen LogP contribution in [0.4, 0.5) is 0 Å². The van der Waals surface area contributed by atoms with Gasteiger partial charge in [0.05, 0.1) is 0 Å². The summed E-state index contributed by atoms with van der Waals surface area (Å²) < 4.78 is 0. The monoisotopic (exact) mass is 266 g/mol. The number of nitrogens with zero attached hydrogens (tertiary/aromatic N) is 1. The molecular formula is C16H30N2O. The van der Waals surface area contributed by atoms with Crippen LogP contribution in [0.1, 0.15) is 65.2 Å². The van der Waals surface area contributed by atoms with E-state index in [0.717, 1.165) is 38.8 Å². The molecule has 19 heavy (non-hydrogen) atoms. The van der Waals surface area contributed by atoms with Crippen LogP contribution in [0, 0.1) is 5.92 Å². The van der Waals surface area contributed by atoms with Crippen LogP contribution < -0.4 is 5.32 Å². The molecule has 1 amide bonds. The number of carbonyl (C=O) groups is 1. The lowest BCUT2D eigenvalue weighted by molar-refractivity contribution is -0.140. The molecule has 3 nitrogen and oxygen atoms in total. The first kappa shape index (κ1) is 14.8. The second-order valence-electron chi connectivity index (χ2n) is 6.25. The Morgan fingerprint density at radius 3 is 2.37 bits per heavy atom. The van der Waals surface area contributed by atoms with Crippen molar-refractivity contribution in [3.63, 3.8) is 0 Å². The minimum absolute atomic E-state index is 0.312. The molecule has 110 valence electrons. The lowest BCUT2D eigenvalue weighted by atomic mass is 9.95. The van der Waals surface area contributed by atoms with Crippen molar-refractivity contribution in [3.8, 4) is 0 Å². The van der Waals surface area contributed by atoms with Crippen molar-refractivity contribution in [1.29, 1.82) is 0 Å². The Kier molecular flexibility index (Phi) is 5.68. The second-order valence-corrected chi connectivity index (χ2v) is 6.25. The maximum absolute atomic E-state index is 12.8. The Bertz CT molecular complexity index is 284. The van der Waals surface area contributed by atoms with E-state index in [1.165, 1.54) is 25.7 Å². The molecule has 1 saturated heterocycles. The van der Waals surface area contributed by atoms with Crippen LogP contribution >= 0.6 is 0 Å². The number of hydrogen-bond donors (Lipinski definition) is 1. The van der Waals surface area contributed by atoms with Crippen LogP contribution in [0.25, 0.3) is 0 Å². The summed E-state index contributed by atoms with van der Waals surface area (Å²) in [6, 6.07) is 0.913. The first-order valence-corrected chi connectivity index (χ1v) is 8.30. The molecule has 2 rings (SSSR count). The number of nitrogens with one attached hydrogen (secondary N) is 1. The Hall–Kier alpha value is -0.570. The zero-order valence-electron chi connectivity index (χ0n) is 12.7. The molecule has 0 radical (unpaired) electrons. The van der Waals surface area contributed by atoms with Gasteiger partial charge in [-0.15, -0.1) is 0 Å². The van der Waals surface area contributed by atoms with Crippen LogP contribution in [-0.4, -0.2) is 36.0 Å². The molecule has 2 atom stereocenters. The van der Waals surface area contributed by atoms with Gasteiger partial charge in [0.15, 0.2) is 0 Å². The van der Waals surface area contributed by atoms with Crippen molar-refractivity contribution in [2.24, 2.45) is 5.92 Å². The van der Waals surface area contributed by atoms with Crippen molar-refractivity contribution in [3.05, 3.63) is 0 Å². The third-order valence-corrected chi connectivity index (χ3v) is 4.95. The standard InChI is InChI=1S/C16H30N2O/c1-3-14-12-18(15(4-2)11-17-14)16(19)13-9-7-5-6-8-10-13/h13-15,17H,3-12H2,1-2H3. The molecule has 3 heteroatoms. The normalized spacial score (nSPS) is 30.1. The molecule has 1 heterocycles. The molecule has 1 N–H and O–H groups in total. The highest BCUT2D eigenvalue weighted by atomic mass is 16.2. The lowest BCUT2D eigenvalue weighted by Crippen LogP contribution is -2.59. The van der Waals surface area contributed by atoms with Gasteiger partial charge in [0, 0.05) is 31.1 Å². The van der Waals surface area contributed by atoms with Gasteiger partial charge in [-0.2, -0.15) is 0 Å². The van der Waals surface area contributed by atoms with Gasteiger partial charge in [-0.3, -0.25) is 4.79 Å². The van der Waals surface area contributed by atoms with E-state index in [2.05, 4.69) is 24.1 Å². The number of piperazine rings is 1. The quantitative estimate of drug-likeness (QED) is 0.797. The predicted octanol–water partition coefficient (Wildman–Crippen LogP) is 2.95. The van der Waals surface area contributed by atoms with Gasteiger partial charge in [-0.05, 0) is 25.7 Å². The van der Waals surface area contributed by atoms with Gasteiger partial charge in [0.1, 0.15) is 0 Å². The summed E-state index contributed by atoms with van der Waals surface area (Å²) in [4.78, 5) is 15.0. The zero-order valence-corrected chi connectivity index (χ0v) is 12.7. The van der Waals surface area contributed by atoms with Crippen LogP contribution in [0.5, 0.6) is 0 Å². The summed E-state index contributed by atoms with van der Waals surface area (Å²) in [6.07, 6.45) is 9.56. The summed E-state index contributed by atoms with van der Waals surface area (Å²) in [7, 11) is 0. The molecule has 1 aliphatic carbocycles. The van der Waals surface area contributed by atoms with E-state index >= 15 is 0 Å². The summed E-state index contributed by atoms with van der Waals surface area (Å²) >= 11 is 0. The van der Waals surface area contributed by atoms with Gasteiger partial charge in [0.2, 0.25) is 5.91 Å². The molecule has 0 bridgehead atoms. The van der Waals surface area contributed by atoms with Gasteiger partial charge in [-0.1, -0.05) is 39.5 Å². The molecular weight excluding hydrogens is 236 g/mol. The predicted molar refractivity (Wildman–Crippen MR) is 79.1 cm³/mol. The smallest absolute Gasteiger partial charge is 0.226 e. The van der Waals surface area contributed by atoms with Crippen molar-refractivity contribution in [2.75, 3.05) is 13.1 Å². The SMILES string of the molecule is CCC1CN(C(=O)C2CCCCCC2)C(CC)CN1. The minimum atomic E-state index is 0.312. The second kappa shape index (κ2) is 7.28. The maximum Gasteiger partial charge on any atom is 0.226 e. The Labute approximate surface area is 118 Å². The van der Waals surface area contributed by atoms with E-state index in [1.807, 2.05) is 0 Å². The van der Waals surface area contributed by atoms with Crippen LogP contribution in [-0.2, 0) is 4.79 Å². The summed E-state index contributed by atoms with van der Waals surface area (Å²) in [5, 5.41) is 3.58. The Balaban J connectivity index is 2.00. The molecule has 0 aromatic rings. The minimum Gasteiger partial charge on any atom is -0.337 e. The number of carbonyl (C=O) groups excluding carboxylic acids is 1. The average Bonchev–Trinajstić information content (AvgIpc) is 2.74. The fourth-order valence-electron chi connectivity index (χ4n) is 3.53. The number of amides is 1. The van der Waals surface area contributed by atoms with Crippen LogP contribution in [0.2, 0.25) is 0 Å². The Morgan fingerprint density at radius 2 is 1.79 bits per heavy atom. The fraction of sp³-hybridized carbons (Fsp3) is 0.938. The average molecular weight is 266 g/mol. The third kappa shape index (κ3) is 3.71. The lowest BCUT2D eigenvalue weighted by Gasteiger charge is -2.41. The van der Waals surface area contributed by atoms with E-state index < -0.39 is 0 Å². The fourth-order valence-corrected chi connectivity index (χ4v) is 3.53. The largest absolute Gasteiger partial charge is 0.337 e. The van der Waals surface area contributed by atoms with E-state index in [-0.39, 0.29) is 0 Å². The van der Waals surface area contributed by atoms with Crippen molar-refractivity contribution >= 4 is 5.91 Å². The van der Waals surface area contributed by atoms with E-state index in [4.69, 9.17) is 0 Å². The summed E-state index contributed by atoms with van der Waals surface area (Å²) in [5.74, 6) is 0.765. The summed E-state index contributed by atoms with van der Waals surface area (Å²) in [6.45, 7) is 6.31. The number of rotatable bonds is 3. The van der Waals surface area contributed by atoms with Crippen molar-refractivity contribution in [1.82, 2.24) is 10.2 Å². The van der Waals surface area contributed by atoms with E-state index in [9.17, 15) is 4.79 Å². The molecule has 0 aromatic heterocycles. The van der Waals surface area contributed by atoms with Gasteiger partial charge in [0.25, 0.3) is 0 Å². The Morgan fingerprint density at radius 1 is 1.11 bits per heavy atom. The maximum atomic E-state index is 12.8. The highest BCUT2D eigenvalue weighted by Crippen LogP contribution is 2.26. The number of hydrogen-bond acceptors (Lipinski definition) is 2. The van der Waals surface area contributed by atoms with Crippen molar-refractivity contribution < 1.29 is 4.79 Å². The van der Waals surface area contributed by atoms with Crippen molar-refractivity contribution in [2.45, 2.75) is 77.3 Å². The molecule has 2 unspecified atom stereocenters.